The van der Waals surface area contributed by atoms with Crippen molar-refractivity contribution >= 4 is 17.3 Å². The van der Waals surface area contributed by atoms with Gasteiger partial charge in [-0.15, -0.1) is 0 Å². The summed E-state index contributed by atoms with van der Waals surface area (Å²) < 4.78 is 12.9. The predicted molar refractivity (Wildman–Crippen MR) is 78.5 cm³/mol. The van der Waals surface area contributed by atoms with Crippen LogP contribution in [0.2, 0.25) is 0 Å². The maximum atomic E-state index is 12.9. The molecular formula is C17H14FS. The van der Waals surface area contributed by atoms with Crippen LogP contribution in [0.5, 0.6) is 0 Å². The van der Waals surface area contributed by atoms with Gasteiger partial charge in [-0.05, 0) is 66.8 Å². The summed E-state index contributed by atoms with van der Waals surface area (Å²) in [6.07, 6.45) is 6.70. The van der Waals surface area contributed by atoms with Gasteiger partial charge in [0.05, 0.1) is 0 Å². The Bertz CT molecular complexity index is 599. The number of hydrogen-bond acceptors (Lipinski definition) is 1. The highest BCUT2D eigenvalue weighted by Crippen LogP contribution is 2.32. The number of allylic oxidation sites excluding steroid dienone is 2. The molecule has 0 fully saturated rings. The molecule has 0 spiro atoms. The van der Waals surface area contributed by atoms with Crippen molar-refractivity contribution in [3.05, 3.63) is 72.4 Å². The fraction of sp³-hybridized carbons (Fsp3) is 0.118. The molecule has 2 aromatic rings. The Hall–Kier alpha value is -1.54. The third-order valence-corrected chi connectivity index (χ3v) is 4.15. The van der Waals surface area contributed by atoms with Gasteiger partial charge in [-0.3, -0.25) is 0 Å². The zero-order valence-corrected chi connectivity index (χ0v) is 11.3. The summed E-state index contributed by atoms with van der Waals surface area (Å²) in [5.74, 6) is -0.190. The van der Waals surface area contributed by atoms with Gasteiger partial charge in [0, 0.05) is 9.79 Å². The molecule has 3 rings (SSSR count). The highest BCUT2D eigenvalue weighted by molar-refractivity contribution is 7.99. The Morgan fingerprint density at radius 3 is 2.53 bits per heavy atom. The number of hydrogen-bond donors (Lipinski definition) is 0. The van der Waals surface area contributed by atoms with E-state index in [1.54, 1.807) is 11.8 Å². The first-order valence-corrected chi connectivity index (χ1v) is 7.19. The standard InChI is InChI=1S/C17H14FS/c18-15-8-10-16(11-9-15)19-17-7-3-6-14(12-17)13-4-1-2-5-13/h1,3-4,6-12H,2,5H2. The van der Waals surface area contributed by atoms with E-state index in [9.17, 15) is 4.39 Å². The van der Waals surface area contributed by atoms with Crippen molar-refractivity contribution in [3.8, 4) is 0 Å². The Morgan fingerprint density at radius 1 is 0.947 bits per heavy atom. The monoisotopic (exact) mass is 269 g/mol. The van der Waals surface area contributed by atoms with Crippen molar-refractivity contribution in [1.29, 1.82) is 0 Å². The molecule has 2 aromatic carbocycles. The highest BCUT2D eigenvalue weighted by Gasteiger charge is 2.08. The van der Waals surface area contributed by atoms with Crippen LogP contribution in [0, 0.1) is 12.2 Å². The van der Waals surface area contributed by atoms with Gasteiger partial charge in [-0.2, -0.15) is 0 Å². The molecule has 2 heteroatoms. The first-order valence-electron chi connectivity index (χ1n) is 6.37. The molecule has 0 heterocycles. The summed E-state index contributed by atoms with van der Waals surface area (Å²) >= 11 is 1.67. The lowest BCUT2D eigenvalue weighted by atomic mass is 10.1. The molecular weight excluding hydrogens is 255 g/mol. The fourth-order valence-electron chi connectivity index (χ4n) is 2.19. The number of rotatable bonds is 3. The van der Waals surface area contributed by atoms with E-state index >= 15 is 0 Å². The average molecular weight is 269 g/mol. The summed E-state index contributed by atoms with van der Waals surface area (Å²) in [5, 5.41) is 0. The molecule has 0 saturated heterocycles. The molecule has 0 unspecified atom stereocenters. The van der Waals surface area contributed by atoms with Gasteiger partial charge in [0.1, 0.15) is 5.82 Å². The van der Waals surface area contributed by atoms with E-state index in [1.807, 2.05) is 12.1 Å². The number of benzene rings is 2. The maximum absolute atomic E-state index is 12.9. The maximum Gasteiger partial charge on any atom is 0.123 e. The molecule has 0 bridgehead atoms. The van der Waals surface area contributed by atoms with Crippen LogP contribution in [-0.4, -0.2) is 0 Å². The van der Waals surface area contributed by atoms with E-state index < -0.39 is 0 Å². The molecule has 95 valence electrons. The lowest BCUT2D eigenvalue weighted by molar-refractivity contribution is 0.626. The molecule has 0 saturated carbocycles. The Morgan fingerprint density at radius 2 is 1.79 bits per heavy atom. The molecule has 0 nitrogen and oxygen atoms in total. The predicted octanol–water partition coefficient (Wildman–Crippen LogP) is 5.36. The van der Waals surface area contributed by atoms with Gasteiger partial charge in [-0.1, -0.05) is 30.0 Å². The van der Waals surface area contributed by atoms with E-state index in [2.05, 4.69) is 36.8 Å². The van der Waals surface area contributed by atoms with Crippen molar-refractivity contribution in [2.75, 3.05) is 0 Å². The molecule has 1 radical (unpaired) electrons. The Labute approximate surface area is 117 Å². The van der Waals surface area contributed by atoms with Gasteiger partial charge >= 0.3 is 0 Å². The minimum Gasteiger partial charge on any atom is -0.207 e. The summed E-state index contributed by atoms with van der Waals surface area (Å²) in [4.78, 5) is 2.25. The second kappa shape index (κ2) is 5.62. The second-order valence-corrected chi connectivity index (χ2v) is 5.70. The van der Waals surface area contributed by atoms with Crippen molar-refractivity contribution in [2.45, 2.75) is 22.6 Å². The quantitative estimate of drug-likeness (QED) is 0.723. The van der Waals surface area contributed by atoms with Gasteiger partial charge in [0.25, 0.3) is 0 Å². The third-order valence-electron chi connectivity index (χ3n) is 3.15. The Kier molecular flexibility index (Phi) is 3.69. The van der Waals surface area contributed by atoms with Crippen LogP contribution in [-0.2, 0) is 0 Å². The third kappa shape index (κ3) is 3.07. The van der Waals surface area contributed by atoms with Gasteiger partial charge in [0.15, 0.2) is 0 Å². The van der Waals surface area contributed by atoms with E-state index in [4.69, 9.17) is 0 Å². The minimum absolute atomic E-state index is 0.190. The molecule has 19 heavy (non-hydrogen) atoms. The molecule has 1 aliphatic carbocycles. The van der Waals surface area contributed by atoms with Crippen molar-refractivity contribution in [3.63, 3.8) is 0 Å². The molecule has 0 N–H and O–H groups in total. The van der Waals surface area contributed by atoms with Crippen LogP contribution in [0.4, 0.5) is 4.39 Å². The second-order valence-electron chi connectivity index (χ2n) is 4.55. The minimum atomic E-state index is -0.190. The summed E-state index contributed by atoms with van der Waals surface area (Å²) in [7, 11) is 0. The first-order chi connectivity index (χ1) is 9.31. The topological polar surface area (TPSA) is 0 Å². The van der Waals surface area contributed by atoms with Crippen molar-refractivity contribution < 1.29 is 4.39 Å². The molecule has 0 amide bonds. The van der Waals surface area contributed by atoms with E-state index in [-0.39, 0.29) is 5.82 Å². The molecule has 0 aliphatic heterocycles. The van der Waals surface area contributed by atoms with Crippen molar-refractivity contribution in [2.24, 2.45) is 0 Å². The van der Waals surface area contributed by atoms with Crippen LogP contribution in [0.1, 0.15) is 18.4 Å². The zero-order valence-electron chi connectivity index (χ0n) is 10.5. The largest absolute Gasteiger partial charge is 0.207 e. The smallest absolute Gasteiger partial charge is 0.123 e. The summed E-state index contributed by atoms with van der Waals surface area (Å²) in [5.41, 5.74) is 2.70. The lowest BCUT2D eigenvalue weighted by Gasteiger charge is -2.06. The first kappa shape index (κ1) is 12.5. The highest BCUT2D eigenvalue weighted by atomic mass is 32.2. The normalized spacial score (nSPS) is 14.5. The zero-order chi connectivity index (χ0) is 13.1. The fourth-order valence-corrected chi connectivity index (χ4v) is 3.06. The lowest BCUT2D eigenvalue weighted by Crippen LogP contribution is -1.82. The molecule has 0 aromatic heterocycles. The number of halogens is 1. The van der Waals surface area contributed by atoms with Crippen molar-refractivity contribution in [1.82, 2.24) is 0 Å². The van der Waals surface area contributed by atoms with Gasteiger partial charge < -0.3 is 0 Å². The van der Waals surface area contributed by atoms with E-state index in [1.165, 1.54) is 28.2 Å². The van der Waals surface area contributed by atoms with Gasteiger partial charge in [-0.25, -0.2) is 4.39 Å². The van der Waals surface area contributed by atoms with Crippen LogP contribution in [0.15, 0.2) is 64.4 Å². The van der Waals surface area contributed by atoms with Crippen LogP contribution in [0.3, 0.4) is 0 Å². The van der Waals surface area contributed by atoms with Crippen LogP contribution < -0.4 is 0 Å². The van der Waals surface area contributed by atoms with Crippen LogP contribution >= 0.6 is 11.8 Å². The summed E-state index contributed by atoms with van der Waals surface area (Å²) in [6, 6.07) is 15.2. The average Bonchev–Trinajstić information content (AvgIpc) is 2.96. The molecule has 0 atom stereocenters. The van der Waals surface area contributed by atoms with E-state index in [0.29, 0.717) is 0 Å². The van der Waals surface area contributed by atoms with E-state index in [0.717, 1.165) is 17.7 Å². The molecule has 1 aliphatic rings. The Balaban J connectivity index is 1.81. The SMILES string of the molecule is Fc1ccc(Sc2cccc(C3=C[CH]CC3)c2)cc1. The van der Waals surface area contributed by atoms with Crippen LogP contribution in [0.25, 0.3) is 5.57 Å². The van der Waals surface area contributed by atoms with Gasteiger partial charge in [0.2, 0.25) is 0 Å². The summed E-state index contributed by atoms with van der Waals surface area (Å²) in [6.45, 7) is 0.